The molecule has 0 aromatic heterocycles. The van der Waals surface area contributed by atoms with Gasteiger partial charge in [0.2, 0.25) is 10.0 Å². The second-order valence-electron chi connectivity index (χ2n) is 3.74. The van der Waals surface area contributed by atoms with Gasteiger partial charge in [-0.1, -0.05) is 12.1 Å². The Kier molecular flexibility index (Phi) is 5.65. The number of nitrogens with one attached hydrogen (secondary N) is 2. The van der Waals surface area contributed by atoms with Gasteiger partial charge in [-0.25, -0.2) is 13.1 Å². The first-order valence-corrected chi connectivity index (χ1v) is 7.63. The number of hydrogen-bond acceptors (Lipinski definition) is 3. The fraction of sp³-hybridized carbons (Fsp3) is 0.400. The van der Waals surface area contributed by atoms with Crippen LogP contribution in [0.4, 0.5) is 0 Å². The van der Waals surface area contributed by atoms with Gasteiger partial charge in [-0.15, -0.1) is 12.4 Å². The zero-order chi connectivity index (χ0) is 11.6. The van der Waals surface area contributed by atoms with Gasteiger partial charge in [0.05, 0.1) is 4.90 Å². The smallest absolute Gasteiger partial charge is 0.241 e. The van der Waals surface area contributed by atoms with Crippen molar-refractivity contribution >= 4 is 45.0 Å². The minimum atomic E-state index is -3.37. The highest BCUT2D eigenvalue weighted by atomic mass is 127. The number of sulfonamides is 1. The summed E-state index contributed by atoms with van der Waals surface area (Å²) in [5, 5.41) is 3.13. The SMILES string of the molecule is Cl.O=S(=O)(NC1CCNC1)c1ccccc1I. The molecule has 1 atom stereocenters. The molecule has 7 heteroatoms. The predicted molar refractivity (Wildman–Crippen MR) is 78.0 cm³/mol. The lowest BCUT2D eigenvalue weighted by Gasteiger charge is -2.12. The van der Waals surface area contributed by atoms with Crippen LogP contribution in [0.2, 0.25) is 0 Å². The summed E-state index contributed by atoms with van der Waals surface area (Å²) in [4.78, 5) is 0.363. The summed E-state index contributed by atoms with van der Waals surface area (Å²) in [6, 6.07) is 7.01. The molecule has 17 heavy (non-hydrogen) atoms. The van der Waals surface area contributed by atoms with E-state index in [0.717, 1.165) is 16.5 Å². The second kappa shape index (κ2) is 6.33. The number of benzene rings is 1. The summed E-state index contributed by atoms with van der Waals surface area (Å²) in [7, 11) is -3.37. The summed E-state index contributed by atoms with van der Waals surface area (Å²) < 4.78 is 27.6. The van der Waals surface area contributed by atoms with Gasteiger partial charge in [0, 0.05) is 16.2 Å². The van der Waals surface area contributed by atoms with Crippen molar-refractivity contribution in [3.8, 4) is 0 Å². The van der Waals surface area contributed by atoms with Gasteiger partial charge in [0.25, 0.3) is 0 Å². The molecule has 0 spiro atoms. The van der Waals surface area contributed by atoms with Crippen LogP contribution in [-0.4, -0.2) is 27.5 Å². The van der Waals surface area contributed by atoms with Crippen molar-refractivity contribution in [2.24, 2.45) is 0 Å². The molecule has 1 aliphatic heterocycles. The number of hydrogen-bond donors (Lipinski definition) is 2. The molecule has 1 aliphatic rings. The van der Waals surface area contributed by atoms with E-state index in [0.29, 0.717) is 11.4 Å². The summed E-state index contributed by atoms with van der Waals surface area (Å²) >= 11 is 2.04. The van der Waals surface area contributed by atoms with E-state index in [4.69, 9.17) is 0 Å². The Morgan fingerprint density at radius 1 is 1.35 bits per heavy atom. The predicted octanol–water partition coefficient (Wildman–Crippen LogP) is 1.35. The summed E-state index contributed by atoms with van der Waals surface area (Å²) in [6.07, 6.45) is 0.850. The third-order valence-corrected chi connectivity index (χ3v) is 5.39. The van der Waals surface area contributed by atoms with E-state index < -0.39 is 10.0 Å². The molecule has 2 rings (SSSR count). The highest BCUT2D eigenvalue weighted by molar-refractivity contribution is 14.1. The van der Waals surface area contributed by atoms with Gasteiger partial charge < -0.3 is 5.32 Å². The Hall–Kier alpha value is 0.110. The first kappa shape index (κ1) is 15.2. The molecule has 0 radical (unpaired) electrons. The van der Waals surface area contributed by atoms with E-state index in [1.807, 2.05) is 28.7 Å². The monoisotopic (exact) mass is 388 g/mol. The van der Waals surface area contributed by atoms with Crippen LogP contribution in [-0.2, 0) is 10.0 Å². The van der Waals surface area contributed by atoms with E-state index in [9.17, 15) is 8.42 Å². The molecule has 0 saturated carbocycles. The lowest BCUT2D eigenvalue weighted by molar-refractivity contribution is 0.559. The molecule has 1 fully saturated rings. The van der Waals surface area contributed by atoms with Crippen molar-refractivity contribution in [3.05, 3.63) is 27.8 Å². The van der Waals surface area contributed by atoms with Crippen molar-refractivity contribution in [2.45, 2.75) is 17.4 Å². The Labute approximate surface area is 121 Å². The van der Waals surface area contributed by atoms with Gasteiger partial charge in [0.15, 0.2) is 0 Å². The standard InChI is InChI=1S/C10H13IN2O2S.ClH/c11-9-3-1-2-4-10(9)16(14,15)13-8-5-6-12-7-8;/h1-4,8,12-13H,5-7H2;1H. The molecular weight excluding hydrogens is 375 g/mol. The van der Waals surface area contributed by atoms with Crippen molar-refractivity contribution in [1.29, 1.82) is 0 Å². The highest BCUT2D eigenvalue weighted by Crippen LogP contribution is 2.17. The summed E-state index contributed by atoms with van der Waals surface area (Å²) in [5.41, 5.74) is 0. The third kappa shape index (κ3) is 3.78. The maximum atomic E-state index is 12.1. The maximum Gasteiger partial charge on any atom is 0.241 e. The molecule has 4 nitrogen and oxygen atoms in total. The fourth-order valence-corrected chi connectivity index (χ4v) is 4.31. The molecule has 1 heterocycles. The Morgan fingerprint density at radius 3 is 2.65 bits per heavy atom. The van der Waals surface area contributed by atoms with Gasteiger partial charge >= 0.3 is 0 Å². The van der Waals surface area contributed by atoms with Crippen LogP contribution in [0.3, 0.4) is 0 Å². The van der Waals surface area contributed by atoms with E-state index in [2.05, 4.69) is 10.0 Å². The van der Waals surface area contributed by atoms with Crippen LogP contribution in [0.5, 0.6) is 0 Å². The quantitative estimate of drug-likeness (QED) is 0.769. The normalized spacial score (nSPS) is 19.9. The lowest BCUT2D eigenvalue weighted by Crippen LogP contribution is -2.36. The first-order valence-electron chi connectivity index (χ1n) is 5.07. The molecule has 0 bridgehead atoms. The van der Waals surface area contributed by atoms with Gasteiger partial charge in [-0.05, 0) is 47.7 Å². The average Bonchev–Trinajstić information content (AvgIpc) is 2.70. The minimum absolute atomic E-state index is 0. The van der Waals surface area contributed by atoms with E-state index in [1.54, 1.807) is 18.2 Å². The van der Waals surface area contributed by atoms with Crippen LogP contribution in [0.25, 0.3) is 0 Å². The van der Waals surface area contributed by atoms with Crippen molar-refractivity contribution in [1.82, 2.24) is 10.0 Å². The van der Waals surface area contributed by atoms with E-state index in [-0.39, 0.29) is 18.4 Å². The highest BCUT2D eigenvalue weighted by Gasteiger charge is 2.23. The Balaban J connectivity index is 0.00000144. The molecule has 1 aromatic carbocycles. The average molecular weight is 389 g/mol. The molecule has 0 amide bonds. The van der Waals surface area contributed by atoms with E-state index >= 15 is 0 Å². The molecule has 0 aliphatic carbocycles. The van der Waals surface area contributed by atoms with Gasteiger partial charge in [0.1, 0.15) is 0 Å². The van der Waals surface area contributed by atoms with Gasteiger partial charge in [-0.3, -0.25) is 0 Å². The fourth-order valence-electron chi connectivity index (χ4n) is 1.70. The van der Waals surface area contributed by atoms with Crippen LogP contribution >= 0.6 is 35.0 Å². The molecule has 2 N–H and O–H groups in total. The lowest BCUT2D eigenvalue weighted by atomic mass is 10.3. The van der Waals surface area contributed by atoms with Crippen LogP contribution < -0.4 is 10.0 Å². The molecular formula is C10H14ClIN2O2S. The third-order valence-electron chi connectivity index (χ3n) is 2.51. The molecule has 1 unspecified atom stereocenters. The van der Waals surface area contributed by atoms with Crippen LogP contribution in [0.1, 0.15) is 6.42 Å². The van der Waals surface area contributed by atoms with Crippen molar-refractivity contribution in [2.75, 3.05) is 13.1 Å². The topological polar surface area (TPSA) is 58.2 Å². The summed E-state index contributed by atoms with van der Waals surface area (Å²) in [5.74, 6) is 0. The molecule has 1 saturated heterocycles. The first-order chi connectivity index (χ1) is 7.59. The minimum Gasteiger partial charge on any atom is -0.315 e. The van der Waals surface area contributed by atoms with Gasteiger partial charge in [-0.2, -0.15) is 0 Å². The zero-order valence-corrected chi connectivity index (χ0v) is 12.8. The Morgan fingerprint density at radius 2 is 2.06 bits per heavy atom. The van der Waals surface area contributed by atoms with E-state index in [1.165, 1.54) is 0 Å². The van der Waals surface area contributed by atoms with Crippen molar-refractivity contribution in [3.63, 3.8) is 0 Å². The van der Waals surface area contributed by atoms with Crippen molar-refractivity contribution < 1.29 is 8.42 Å². The maximum absolute atomic E-state index is 12.1. The number of halogens is 2. The largest absolute Gasteiger partial charge is 0.315 e. The summed E-state index contributed by atoms with van der Waals surface area (Å²) in [6.45, 7) is 1.59. The number of rotatable bonds is 3. The van der Waals surface area contributed by atoms with Crippen LogP contribution in [0, 0.1) is 3.57 Å². The zero-order valence-electron chi connectivity index (χ0n) is 9.02. The molecule has 96 valence electrons. The molecule has 1 aromatic rings. The Bertz CT molecular complexity index is 475. The second-order valence-corrected chi connectivity index (χ2v) is 6.59. The van der Waals surface area contributed by atoms with Crippen LogP contribution in [0.15, 0.2) is 29.2 Å².